The van der Waals surface area contributed by atoms with Gasteiger partial charge in [0.25, 0.3) is 0 Å². The summed E-state index contributed by atoms with van der Waals surface area (Å²) in [5, 5.41) is 28.7. The van der Waals surface area contributed by atoms with Gasteiger partial charge in [0.2, 0.25) is 6.10 Å². The lowest BCUT2D eigenvalue weighted by atomic mass is 10.1. The molecule has 7 heteroatoms. The number of esters is 1. The Bertz CT molecular complexity index is 871. The number of phenolic OH excluding ortho intramolecular Hbond substituents is 2. The lowest BCUT2D eigenvalue weighted by Crippen LogP contribution is -2.28. The molecule has 0 fully saturated rings. The fourth-order valence-electron chi connectivity index (χ4n) is 2.33. The number of phenols is 2. The number of carboxylic acids is 1. The Kier molecular flexibility index (Phi) is 6.43. The van der Waals surface area contributed by atoms with Gasteiger partial charge in [-0.05, 0) is 47.9 Å². The third kappa shape index (κ3) is 5.50. The maximum Gasteiger partial charge on any atom is 0.345 e. The number of aryl methyl sites for hydroxylation is 1. The van der Waals surface area contributed by atoms with E-state index in [9.17, 15) is 24.9 Å². The van der Waals surface area contributed by atoms with Crippen molar-refractivity contribution in [2.45, 2.75) is 19.4 Å². The van der Waals surface area contributed by atoms with Crippen LogP contribution in [-0.4, -0.2) is 40.5 Å². The number of carbonyl (C=O) groups is 2. The molecule has 2 rings (SSSR count). The third-order valence-corrected chi connectivity index (χ3v) is 3.84. The minimum atomic E-state index is -1.39. The van der Waals surface area contributed by atoms with E-state index in [1.54, 1.807) is 25.1 Å². The number of rotatable bonds is 7. The number of benzene rings is 2. The number of hydrogen-bond donors (Lipinski definition) is 3. The predicted octanol–water partition coefficient (Wildman–Crippen LogP) is 2.67. The molecule has 0 saturated heterocycles. The molecule has 0 radical (unpaired) electrons. The standard InChI is InChI=1S/C20H20O7/c1-12-3-4-14(10-15(12)21)11-18(20(24)25)27-19(23)8-6-13-5-7-17(26-2)16(22)9-13/h3-10,18,21-22H,11H2,1-2H3,(H,24,25)/b8-6+. The minimum absolute atomic E-state index is 0.0437. The molecule has 1 atom stereocenters. The molecule has 7 nitrogen and oxygen atoms in total. The van der Waals surface area contributed by atoms with Crippen LogP contribution < -0.4 is 4.74 Å². The summed E-state index contributed by atoms with van der Waals surface area (Å²) in [4.78, 5) is 23.3. The van der Waals surface area contributed by atoms with E-state index in [1.807, 2.05) is 0 Å². The molecule has 0 aliphatic heterocycles. The Morgan fingerprint density at radius 3 is 2.44 bits per heavy atom. The Balaban J connectivity index is 2.04. The van der Waals surface area contributed by atoms with Crippen molar-refractivity contribution in [3.8, 4) is 17.2 Å². The Hall–Kier alpha value is -3.48. The van der Waals surface area contributed by atoms with E-state index in [-0.39, 0.29) is 17.9 Å². The van der Waals surface area contributed by atoms with Crippen molar-refractivity contribution in [2.75, 3.05) is 7.11 Å². The van der Waals surface area contributed by atoms with Crippen LogP contribution in [0, 0.1) is 6.92 Å². The minimum Gasteiger partial charge on any atom is -0.508 e. The maximum absolute atomic E-state index is 11.9. The average molecular weight is 372 g/mol. The first kappa shape index (κ1) is 19.8. The summed E-state index contributed by atoms with van der Waals surface area (Å²) in [7, 11) is 1.42. The highest BCUT2D eigenvalue weighted by Crippen LogP contribution is 2.26. The third-order valence-electron chi connectivity index (χ3n) is 3.84. The van der Waals surface area contributed by atoms with E-state index >= 15 is 0 Å². The largest absolute Gasteiger partial charge is 0.508 e. The molecule has 0 aromatic heterocycles. The summed E-state index contributed by atoms with van der Waals surface area (Å²) >= 11 is 0. The molecular formula is C20H20O7. The quantitative estimate of drug-likeness (QED) is 0.506. The second-order valence-corrected chi connectivity index (χ2v) is 5.85. The number of aromatic hydroxyl groups is 2. The molecule has 0 aliphatic carbocycles. The van der Waals surface area contributed by atoms with E-state index in [1.165, 1.54) is 31.4 Å². The van der Waals surface area contributed by atoms with Gasteiger partial charge >= 0.3 is 11.9 Å². The zero-order chi connectivity index (χ0) is 20.0. The Labute approximate surface area is 156 Å². The topological polar surface area (TPSA) is 113 Å². The second kappa shape index (κ2) is 8.75. The van der Waals surface area contributed by atoms with Crippen molar-refractivity contribution in [3.63, 3.8) is 0 Å². The van der Waals surface area contributed by atoms with Gasteiger partial charge < -0.3 is 24.8 Å². The van der Waals surface area contributed by atoms with Crippen LogP contribution in [0.4, 0.5) is 0 Å². The fraction of sp³-hybridized carbons (Fsp3) is 0.200. The van der Waals surface area contributed by atoms with Gasteiger partial charge in [0.15, 0.2) is 11.5 Å². The van der Waals surface area contributed by atoms with Gasteiger partial charge in [-0.15, -0.1) is 0 Å². The van der Waals surface area contributed by atoms with Gasteiger partial charge in [0.05, 0.1) is 7.11 Å². The van der Waals surface area contributed by atoms with Gasteiger partial charge in [0, 0.05) is 12.5 Å². The lowest BCUT2D eigenvalue weighted by molar-refractivity contribution is -0.160. The zero-order valence-electron chi connectivity index (χ0n) is 14.9. The van der Waals surface area contributed by atoms with Gasteiger partial charge in [-0.1, -0.05) is 18.2 Å². The molecule has 142 valence electrons. The first-order valence-corrected chi connectivity index (χ1v) is 8.07. The van der Waals surface area contributed by atoms with Gasteiger partial charge in [0.1, 0.15) is 5.75 Å². The first-order chi connectivity index (χ1) is 12.8. The monoisotopic (exact) mass is 372 g/mol. The molecule has 0 amide bonds. The van der Waals surface area contributed by atoms with Crippen LogP contribution >= 0.6 is 0 Å². The van der Waals surface area contributed by atoms with Crippen molar-refractivity contribution in [3.05, 3.63) is 59.2 Å². The molecular weight excluding hydrogens is 352 g/mol. The highest BCUT2D eigenvalue weighted by atomic mass is 16.6. The molecule has 27 heavy (non-hydrogen) atoms. The van der Waals surface area contributed by atoms with E-state index in [0.29, 0.717) is 22.4 Å². The Morgan fingerprint density at radius 2 is 1.85 bits per heavy atom. The van der Waals surface area contributed by atoms with Crippen LogP contribution in [0.3, 0.4) is 0 Å². The molecule has 3 N–H and O–H groups in total. The summed E-state index contributed by atoms with van der Waals surface area (Å²) in [5.74, 6) is -1.88. The van der Waals surface area contributed by atoms with E-state index in [0.717, 1.165) is 6.08 Å². The summed E-state index contributed by atoms with van der Waals surface area (Å²) < 4.78 is 9.92. The summed E-state index contributed by atoms with van der Waals surface area (Å²) in [5.41, 5.74) is 1.70. The highest BCUT2D eigenvalue weighted by Gasteiger charge is 2.22. The molecule has 0 saturated carbocycles. The number of carbonyl (C=O) groups excluding carboxylic acids is 1. The second-order valence-electron chi connectivity index (χ2n) is 5.85. The van der Waals surface area contributed by atoms with Crippen LogP contribution in [0.2, 0.25) is 0 Å². The first-order valence-electron chi connectivity index (χ1n) is 8.07. The smallest absolute Gasteiger partial charge is 0.345 e. The van der Waals surface area contributed by atoms with Crippen molar-refractivity contribution < 1.29 is 34.4 Å². The molecule has 0 spiro atoms. The van der Waals surface area contributed by atoms with Crippen LogP contribution in [0.1, 0.15) is 16.7 Å². The normalized spacial score (nSPS) is 11.9. The van der Waals surface area contributed by atoms with Crippen LogP contribution in [-0.2, 0) is 20.7 Å². The molecule has 0 heterocycles. The summed E-state index contributed by atoms with van der Waals surface area (Å²) in [6.07, 6.45) is 0.988. The van der Waals surface area contributed by atoms with Crippen molar-refractivity contribution >= 4 is 18.0 Å². The number of aliphatic carboxylic acids is 1. The van der Waals surface area contributed by atoms with Crippen LogP contribution in [0.15, 0.2) is 42.5 Å². The van der Waals surface area contributed by atoms with Crippen LogP contribution in [0.5, 0.6) is 17.2 Å². The van der Waals surface area contributed by atoms with Crippen molar-refractivity contribution in [2.24, 2.45) is 0 Å². The Morgan fingerprint density at radius 1 is 1.11 bits per heavy atom. The van der Waals surface area contributed by atoms with Gasteiger partial charge in [-0.25, -0.2) is 9.59 Å². The number of hydrogen-bond acceptors (Lipinski definition) is 6. The summed E-state index contributed by atoms with van der Waals surface area (Å²) in [6.45, 7) is 1.72. The number of ether oxygens (including phenoxy) is 2. The predicted molar refractivity (Wildman–Crippen MR) is 97.8 cm³/mol. The maximum atomic E-state index is 11.9. The van der Waals surface area contributed by atoms with E-state index in [4.69, 9.17) is 9.47 Å². The van der Waals surface area contributed by atoms with Crippen molar-refractivity contribution in [1.29, 1.82) is 0 Å². The molecule has 2 aromatic carbocycles. The van der Waals surface area contributed by atoms with E-state index < -0.39 is 18.0 Å². The van der Waals surface area contributed by atoms with E-state index in [2.05, 4.69) is 0 Å². The lowest BCUT2D eigenvalue weighted by Gasteiger charge is -2.13. The number of carboxylic acid groups (broad SMARTS) is 1. The molecule has 0 aliphatic rings. The molecule has 2 aromatic rings. The van der Waals surface area contributed by atoms with Crippen LogP contribution in [0.25, 0.3) is 6.08 Å². The fourth-order valence-corrected chi connectivity index (χ4v) is 2.33. The van der Waals surface area contributed by atoms with Gasteiger partial charge in [-0.3, -0.25) is 0 Å². The average Bonchev–Trinajstić information content (AvgIpc) is 2.62. The molecule has 1 unspecified atom stereocenters. The number of methoxy groups -OCH3 is 1. The SMILES string of the molecule is COc1ccc(/C=C/C(=O)OC(Cc2ccc(C)c(O)c2)C(=O)O)cc1O. The van der Waals surface area contributed by atoms with Crippen molar-refractivity contribution in [1.82, 2.24) is 0 Å². The van der Waals surface area contributed by atoms with Gasteiger partial charge in [-0.2, -0.15) is 0 Å². The highest BCUT2D eigenvalue weighted by molar-refractivity contribution is 5.89. The summed E-state index contributed by atoms with van der Waals surface area (Å²) in [6, 6.07) is 9.30. The zero-order valence-corrected chi connectivity index (χ0v) is 14.9. The molecule has 0 bridgehead atoms.